The van der Waals surface area contributed by atoms with Crippen LogP contribution >= 0.6 is 0 Å². The Morgan fingerprint density at radius 1 is 0.500 bits per heavy atom. The van der Waals surface area contributed by atoms with Gasteiger partial charge in [-0.05, 0) is 51.6 Å². The molecule has 0 amide bonds. The summed E-state index contributed by atoms with van der Waals surface area (Å²) in [4.78, 5) is 10.5. The second kappa shape index (κ2) is 9.23. The number of nitrogens with zero attached hydrogens (tertiary/aromatic N) is 3. The van der Waals surface area contributed by atoms with Crippen LogP contribution in [0.2, 0.25) is 0 Å². The van der Waals surface area contributed by atoms with Crippen LogP contribution in [-0.4, -0.2) is 14.5 Å². The topological polar surface area (TPSA) is 30.7 Å². The first kappa shape index (κ1) is 25.0. The zero-order valence-electron chi connectivity index (χ0n) is 24.6. The highest BCUT2D eigenvalue weighted by molar-refractivity contribution is 6.14. The highest BCUT2D eigenvalue weighted by atomic mass is 15.2. The summed E-state index contributed by atoms with van der Waals surface area (Å²) in [6, 6.07) is 49.7. The van der Waals surface area contributed by atoms with Crippen LogP contribution in [-0.2, 0) is 5.41 Å². The van der Waals surface area contributed by atoms with E-state index in [4.69, 9.17) is 9.97 Å². The molecule has 3 nitrogen and oxygen atoms in total. The maximum Gasteiger partial charge on any atom is 0.235 e. The minimum atomic E-state index is -0.129. The average molecular weight is 564 g/mol. The van der Waals surface area contributed by atoms with Gasteiger partial charge < -0.3 is 0 Å². The van der Waals surface area contributed by atoms with Gasteiger partial charge in [0.25, 0.3) is 0 Å². The van der Waals surface area contributed by atoms with Crippen molar-refractivity contribution < 1.29 is 0 Å². The molecule has 0 radical (unpaired) electrons. The van der Waals surface area contributed by atoms with Crippen LogP contribution in [0.1, 0.15) is 25.0 Å². The van der Waals surface area contributed by atoms with E-state index in [-0.39, 0.29) is 5.41 Å². The smallest absolute Gasteiger partial charge is 0.235 e. The monoisotopic (exact) mass is 563 g/mol. The van der Waals surface area contributed by atoms with Gasteiger partial charge in [0, 0.05) is 27.1 Å². The fourth-order valence-electron chi connectivity index (χ4n) is 7.38. The van der Waals surface area contributed by atoms with E-state index in [2.05, 4.69) is 158 Å². The maximum atomic E-state index is 5.34. The summed E-state index contributed by atoms with van der Waals surface area (Å²) in [7, 11) is 0. The molecule has 1 aliphatic rings. The predicted molar refractivity (Wildman–Crippen MR) is 182 cm³/mol. The quantitative estimate of drug-likeness (QED) is 0.214. The lowest BCUT2D eigenvalue weighted by molar-refractivity contribution is 0.666. The van der Waals surface area contributed by atoms with E-state index in [1.165, 1.54) is 44.2 Å². The molecule has 0 saturated carbocycles. The normalized spacial score (nSPS) is 13.4. The van der Waals surface area contributed by atoms with Crippen molar-refractivity contribution in [2.24, 2.45) is 0 Å². The second-order valence-corrected chi connectivity index (χ2v) is 12.2. The molecule has 0 saturated heterocycles. The fraction of sp³-hybridized carbons (Fsp3) is 0.0732. The molecular weight excluding hydrogens is 534 g/mol. The number of fused-ring (bicyclic) bond motifs is 8. The lowest BCUT2D eigenvalue weighted by atomic mass is 9.80. The molecule has 44 heavy (non-hydrogen) atoms. The van der Waals surface area contributed by atoms with Crippen molar-refractivity contribution in [2.45, 2.75) is 19.3 Å². The van der Waals surface area contributed by atoms with E-state index in [1.54, 1.807) is 0 Å². The third-order valence-electron chi connectivity index (χ3n) is 9.41. The van der Waals surface area contributed by atoms with Gasteiger partial charge in [-0.2, -0.15) is 0 Å². The second-order valence-electron chi connectivity index (χ2n) is 12.2. The third-order valence-corrected chi connectivity index (χ3v) is 9.41. The minimum absolute atomic E-state index is 0.129. The Kier molecular flexibility index (Phi) is 5.24. The molecule has 0 bridgehead atoms. The van der Waals surface area contributed by atoms with Crippen LogP contribution in [0.4, 0.5) is 0 Å². The van der Waals surface area contributed by atoms with E-state index in [9.17, 15) is 0 Å². The minimum Gasteiger partial charge on any atom is -0.278 e. The number of aromatic nitrogens is 3. The molecule has 3 heteroatoms. The molecule has 0 fully saturated rings. The van der Waals surface area contributed by atoms with Gasteiger partial charge in [0.1, 0.15) is 0 Å². The zero-order valence-corrected chi connectivity index (χ0v) is 24.6. The molecule has 6 aromatic carbocycles. The molecule has 0 aliphatic heterocycles. The fourth-order valence-corrected chi connectivity index (χ4v) is 7.38. The SMILES string of the molecule is CC1(C)c2ccccc2-c2ccc3c(c21)c1ccccc1n3-c1nc(-c2ccc(-c3ccccc3)cc2)c2ccccc2n1. The predicted octanol–water partition coefficient (Wildman–Crippen LogP) is 10.4. The summed E-state index contributed by atoms with van der Waals surface area (Å²) < 4.78 is 2.26. The Morgan fingerprint density at radius 2 is 1.16 bits per heavy atom. The summed E-state index contributed by atoms with van der Waals surface area (Å²) in [5, 5.41) is 3.55. The van der Waals surface area contributed by atoms with Crippen molar-refractivity contribution >= 4 is 32.7 Å². The van der Waals surface area contributed by atoms with Gasteiger partial charge in [0.15, 0.2) is 0 Å². The third kappa shape index (κ3) is 3.50. The molecule has 208 valence electrons. The van der Waals surface area contributed by atoms with Crippen molar-refractivity contribution in [2.75, 3.05) is 0 Å². The lowest BCUT2D eigenvalue weighted by Crippen LogP contribution is -2.15. The van der Waals surface area contributed by atoms with Crippen molar-refractivity contribution in [1.29, 1.82) is 0 Å². The molecule has 8 aromatic rings. The highest BCUT2D eigenvalue weighted by Gasteiger charge is 2.38. The Bertz CT molecular complexity index is 2400. The van der Waals surface area contributed by atoms with Crippen molar-refractivity contribution in [1.82, 2.24) is 14.5 Å². The van der Waals surface area contributed by atoms with E-state index in [0.29, 0.717) is 5.95 Å². The molecule has 1 aliphatic carbocycles. The Hall–Kier alpha value is -5.54. The summed E-state index contributed by atoms with van der Waals surface area (Å²) in [6.07, 6.45) is 0. The van der Waals surface area contributed by atoms with Crippen LogP contribution in [0.3, 0.4) is 0 Å². The maximum absolute atomic E-state index is 5.34. The lowest BCUT2D eigenvalue weighted by Gasteiger charge is -2.22. The van der Waals surface area contributed by atoms with Gasteiger partial charge in [-0.15, -0.1) is 0 Å². The number of rotatable bonds is 3. The van der Waals surface area contributed by atoms with E-state index < -0.39 is 0 Å². The molecule has 2 heterocycles. The average Bonchev–Trinajstić information content (AvgIpc) is 3.53. The first-order valence-corrected chi connectivity index (χ1v) is 15.2. The van der Waals surface area contributed by atoms with Crippen molar-refractivity contribution in [3.05, 3.63) is 151 Å². The summed E-state index contributed by atoms with van der Waals surface area (Å²) in [6.45, 7) is 4.71. The highest BCUT2D eigenvalue weighted by Crippen LogP contribution is 2.53. The Labute approximate surface area is 256 Å². The van der Waals surface area contributed by atoms with Gasteiger partial charge in [0.05, 0.1) is 22.2 Å². The molecule has 0 spiro atoms. The standard InChI is InChI=1S/C41H29N3/c1-41(2)33-17-9-6-14-29(33)30-24-25-36-37(38(30)41)32-16-8-11-19-35(32)44(36)40-42-34-18-10-7-15-31(34)39(43-40)28-22-20-27(21-23-28)26-12-4-3-5-13-26/h3-25H,1-2H3. The van der Waals surface area contributed by atoms with Crippen molar-refractivity contribution in [3.8, 4) is 39.5 Å². The molecular formula is C41H29N3. The Morgan fingerprint density at radius 3 is 2.00 bits per heavy atom. The molecule has 0 atom stereocenters. The first-order valence-electron chi connectivity index (χ1n) is 15.2. The largest absolute Gasteiger partial charge is 0.278 e. The first-order chi connectivity index (χ1) is 21.6. The van der Waals surface area contributed by atoms with Gasteiger partial charge in [-0.3, -0.25) is 4.57 Å². The molecule has 2 aromatic heterocycles. The number of benzene rings is 6. The van der Waals surface area contributed by atoms with Crippen LogP contribution in [0.25, 0.3) is 72.2 Å². The molecule has 0 unspecified atom stereocenters. The number of para-hydroxylation sites is 2. The van der Waals surface area contributed by atoms with Gasteiger partial charge in [-0.25, -0.2) is 9.97 Å². The molecule has 9 rings (SSSR count). The van der Waals surface area contributed by atoms with Crippen LogP contribution in [0.5, 0.6) is 0 Å². The summed E-state index contributed by atoms with van der Waals surface area (Å²) in [5.41, 5.74) is 12.8. The van der Waals surface area contributed by atoms with E-state index in [0.717, 1.165) is 33.2 Å². The number of hydrogen-bond acceptors (Lipinski definition) is 2. The van der Waals surface area contributed by atoms with Crippen LogP contribution in [0.15, 0.2) is 140 Å². The number of hydrogen-bond donors (Lipinski definition) is 0. The zero-order chi connectivity index (χ0) is 29.4. The van der Waals surface area contributed by atoms with Crippen LogP contribution < -0.4 is 0 Å². The van der Waals surface area contributed by atoms with Crippen LogP contribution in [0, 0.1) is 0 Å². The summed E-state index contributed by atoms with van der Waals surface area (Å²) >= 11 is 0. The van der Waals surface area contributed by atoms with E-state index in [1.807, 2.05) is 0 Å². The molecule has 0 N–H and O–H groups in total. The Balaban J connectivity index is 1.31. The van der Waals surface area contributed by atoms with Gasteiger partial charge >= 0.3 is 0 Å². The van der Waals surface area contributed by atoms with Gasteiger partial charge in [-0.1, -0.05) is 135 Å². The summed E-state index contributed by atoms with van der Waals surface area (Å²) in [5.74, 6) is 0.685. The van der Waals surface area contributed by atoms with Gasteiger partial charge in [0.2, 0.25) is 5.95 Å². The van der Waals surface area contributed by atoms with E-state index >= 15 is 0 Å². The van der Waals surface area contributed by atoms with Crippen molar-refractivity contribution in [3.63, 3.8) is 0 Å².